The van der Waals surface area contributed by atoms with Gasteiger partial charge in [0.15, 0.2) is 0 Å². The average molecular weight is 197 g/mol. The third kappa shape index (κ3) is 1.54. The van der Waals surface area contributed by atoms with Gasteiger partial charge >= 0.3 is 11.9 Å². The van der Waals surface area contributed by atoms with E-state index in [4.69, 9.17) is 0 Å². The summed E-state index contributed by atoms with van der Waals surface area (Å²) >= 11 is 0. The highest BCUT2D eigenvalue weighted by Gasteiger charge is 2.41. The van der Waals surface area contributed by atoms with Gasteiger partial charge in [-0.05, 0) is 18.3 Å². The van der Waals surface area contributed by atoms with E-state index >= 15 is 0 Å². The van der Waals surface area contributed by atoms with E-state index in [0.29, 0.717) is 17.9 Å². The third-order valence-electron chi connectivity index (χ3n) is 3.48. The lowest BCUT2D eigenvalue weighted by Crippen LogP contribution is -2.56. The third-order valence-corrected chi connectivity index (χ3v) is 3.48. The average Bonchev–Trinajstić information content (AvgIpc) is 2.11. The molecule has 1 aliphatic carbocycles. The maximum atomic E-state index is 11.0. The van der Waals surface area contributed by atoms with Crippen LogP contribution in [0.5, 0.6) is 0 Å². The standard InChI is InChI=1S/C10H15NO3/c1-6-3-8(7(6)2)11-4-9(12)14-10(13)5-11/h6-8H,3-5H2,1-2H3. The van der Waals surface area contributed by atoms with Crippen molar-refractivity contribution in [3.05, 3.63) is 0 Å². The number of morpholine rings is 1. The van der Waals surface area contributed by atoms with Crippen LogP contribution >= 0.6 is 0 Å². The highest BCUT2D eigenvalue weighted by atomic mass is 16.6. The molecule has 0 aromatic heterocycles. The van der Waals surface area contributed by atoms with E-state index in [1.165, 1.54) is 0 Å². The lowest BCUT2D eigenvalue weighted by atomic mass is 9.70. The number of hydrogen-bond acceptors (Lipinski definition) is 4. The van der Waals surface area contributed by atoms with E-state index < -0.39 is 11.9 Å². The van der Waals surface area contributed by atoms with Crippen LogP contribution in [0.4, 0.5) is 0 Å². The van der Waals surface area contributed by atoms with Crippen molar-refractivity contribution in [3.8, 4) is 0 Å². The summed E-state index contributed by atoms with van der Waals surface area (Å²) in [6.07, 6.45) is 1.09. The topological polar surface area (TPSA) is 46.6 Å². The van der Waals surface area contributed by atoms with Crippen molar-refractivity contribution in [2.24, 2.45) is 11.8 Å². The molecular formula is C10H15NO3. The summed E-state index contributed by atoms with van der Waals surface area (Å²) in [5, 5.41) is 0. The molecule has 3 atom stereocenters. The second kappa shape index (κ2) is 3.35. The molecule has 4 heteroatoms. The minimum Gasteiger partial charge on any atom is -0.391 e. The normalized spacial score (nSPS) is 39.1. The summed E-state index contributed by atoms with van der Waals surface area (Å²) in [7, 11) is 0. The van der Waals surface area contributed by atoms with Gasteiger partial charge in [0.2, 0.25) is 0 Å². The highest BCUT2D eigenvalue weighted by Crippen LogP contribution is 2.37. The Labute approximate surface area is 83.2 Å². The first-order valence-corrected chi connectivity index (χ1v) is 5.05. The van der Waals surface area contributed by atoms with E-state index in [9.17, 15) is 9.59 Å². The molecule has 2 fully saturated rings. The van der Waals surface area contributed by atoms with Crippen LogP contribution in [0.15, 0.2) is 0 Å². The molecule has 0 aromatic carbocycles. The zero-order chi connectivity index (χ0) is 10.3. The Kier molecular flexibility index (Phi) is 2.31. The molecule has 0 radical (unpaired) electrons. The first-order chi connectivity index (χ1) is 6.58. The van der Waals surface area contributed by atoms with Gasteiger partial charge < -0.3 is 4.74 Å². The van der Waals surface area contributed by atoms with E-state index in [1.807, 2.05) is 4.90 Å². The van der Waals surface area contributed by atoms with E-state index in [0.717, 1.165) is 6.42 Å². The molecule has 0 amide bonds. The first kappa shape index (κ1) is 9.65. The molecule has 1 aliphatic heterocycles. The van der Waals surface area contributed by atoms with Crippen LogP contribution in [0, 0.1) is 11.8 Å². The molecule has 4 nitrogen and oxygen atoms in total. The van der Waals surface area contributed by atoms with Gasteiger partial charge in [-0.3, -0.25) is 14.5 Å². The van der Waals surface area contributed by atoms with E-state index in [-0.39, 0.29) is 13.1 Å². The fourth-order valence-electron chi connectivity index (χ4n) is 2.29. The summed E-state index contributed by atoms with van der Waals surface area (Å²) in [6, 6.07) is 0.391. The van der Waals surface area contributed by atoms with E-state index in [2.05, 4.69) is 18.6 Å². The van der Waals surface area contributed by atoms with Crippen molar-refractivity contribution < 1.29 is 14.3 Å². The minimum absolute atomic E-state index is 0.271. The second-order valence-electron chi connectivity index (χ2n) is 4.39. The van der Waals surface area contributed by atoms with Crippen LogP contribution in [0.25, 0.3) is 0 Å². The smallest absolute Gasteiger partial charge is 0.327 e. The molecule has 0 spiro atoms. The SMILES string of the molecule is CC1CC(N2CC(=O)OC(=O)C2)C1C. The second-order valence-corrected chi connectivity index (χ2v) is 4.39. The Hall–Kier alpha value is -0.900. The summed E-state index contributed by atoms with van der Waals surface area (Å²) < 4.78 is 4.48. The molecule has 2 rings (SSSR count). The van der Waals surface area contributed by atoms with Crippen molar-refractivity contribution in [3.63, 3.8) is 0 Å². The largest absolute Gasteiger partial charge is 0.391 e. The van der Waals surface area contributed by atoms with Gasteiger partial charge in [-0.25, -0.2) is 0 Å². The lowest BCUT2D eigenvalue weighted by Gasteiger charge is -2.47. The monoisotopic (exact) mass is 197 g/mol. The Balaban J connectivity index is 1.98. The Morgan fingerprint density at radius 2 is 1.79 bits per heavy atom. The van der Waals surface area contributed by atoms with Gasteiger partial charge in [0.25, 0.3) is 0 Å². The maximum absolute atomic E-state index is 11.0. The maximum Gasteiger partial charge on any atom is 0.327 e. The van der Waals surface area contributed by atoms with Gasteiger partial charge in [-0.15, -0.1) is 0 Å². The fraction of sp³-hybridized carbons (Fsp3) is 0.800. The quantitative estimate of drug-likeness (QED) is 0.451. The predicted octanol–water partition coefficient (Wildman–Crippen LogP) is 0.416. The molecule has 1 heterocycles. The number of ether oxygens (including phenoxy) is 1. The molecule has 1 saturated heterocycles. The molecule has 0 aromatic rings. The van der Waals surface area contributed by atoms with Crippen molar-refractivity contribution in [1.29, 1.82) is 0 Å². The van der Waals surface area contributed by atoms with E-state index in [1.54, 1.807) is 0 Å². The van der Waals surface area contributed by atoms with Crippen molar-refractivity contribution >= 4 is 11.9 Å². The number of rotatable bonds is 1. The number of carbonyl (C=O) groups excluding carboxylic acids is 2. The van der Waals surface area contributed by atoms with Crippen molar-refractivity contribution in [1.82, 2.24) is 4.90 Å². The van der Waals surface area contributed by atoms with Gasteiger partial charge in [0, 0.05) is 6.04 Å². The molecule has 0 bridgehead atoms. The van der Waals surface area contributed by atoms with Crippen LogP contribution in [0.3, 0.4) is 0 Å². The number of esters is 2. The highest BCUT2D eigenvalue weighted by molar-refractivity contribution is 5.90. The van der Waals surface area contributed by atoms with Gasteiger partial charge in [0.1, 0.15) is 0 Å². The van der Waals surface area contributed by atoms with Crippen LogP contribution in [0.1, 0.15) is 20.3 Å². The fourth-order valence-corrected chi connectivity index (χ4v) is 2.29. The van der Waals surface area contributed by atoms with Crippen molar-refractivity contribution in [2.75, 3.05) is 13.1 Å². The molecule has 2 aliphatic rings. The first-order valence-electron chi connectivity index (χ1n) is 5.05. The van der Waals surface area contributed by atoms with Gasteiger partial charge in [-0.1, -0.05) is 13.8 Å². The molecule has 3 unspecified atom stereocenters. The Morgan fingerprint density at radius 3 is 2.21 bits per heavy atom. The van der Waals surface area contributed by atoms with Crippen LogP contribution in [0.2, 0.25) is 0 Å². The molecule has 0 N–H and O–H groups in total. The summed E-state index contributed by atoms with van der Waals surface area (Å²) in [5.74, 6) is 0.461. The minimum atomic E-state index is -0.409. The number of hydrogen-bond donors (Lipinski definition) is 0. The van der Waals surface area contributed by atoms with Crippen LogP contribution in [-0.2, 0) is 14.3 Å². The number of cyclic esters (lactones) is 2. The predicted molar refractivity (Wildman–Crippen MR) is 49.4 cm³/mol. The summed E-state index contributed by atoms with van der Waals surface area (Å²) in [5.41, 5.74) is 0. The van der Waals surface area contributed by atoms with Crippen molar-refractivity contribution in [2.45, 2.75) is 26.3 Å². The molecule has 14 heavy (non-hydrogen) atoms. The van der Waals surface area contributed by atoms with Gasteiger partial charge in [-0.2, -0.15) is 0 Å². The molecule has 78 valence electrons. The molecule has 1 saturated carbocycles. The Morgan fingerprint density at radius 1 is 1.21 bits per heavy atom. The zero-order valence-corrected chi connectivity index (χ0v) is 8.53. The number of carbonyl (C=O) groups is 2. The van der Waals surface area contributed by atoms with Crippen LogP contribution < -0.4 is 0 Å². The van der Waals surface area contributed by atoms with Crippen LogP contribution in [-0.4, -0.2) is 36.0 Å². The van der Waals surface area contributed by atoms with Gasteiger partial charge in [0.05, 0.1) is 13.1 Å². The lowest BCUT2D eigenvalue weighted by molar-refractivity contribution is -0.170. The number of nitrogens with zero attached hydrogens (tertiary/aromatic N) is 1. The zero-order valence-electron chi connectivity index (χ0n) is 8.53. The summed E-state index contributed by atoms with van der Waals surface area (Å²) in [4.78, 5) is 24.0. The molecular weight excluding hydrogens is 182 g/mol. The summed E-state index contributed by atoms with van der Waals surface area (Å²) in [6.45, 7) is 4.91. The Bertz CT molecular complexity index is 261.